The Kier molecular flexibility index (Phi) is 4.92. The Morgan fingerprint density at radius 2 is 1.20 bits per heavy atom. The third-order valence-electron chi connectivity index (χ3n) is 7.98. The fourth-order valence-corrected chi connectivity index (χ4v) is 6.08. The first kappa shape index (κ1) is 22.7. The Hall–Kier alpha value is -5.22. The van der Waals surface area contributed by atoms with E-state index in [0.29, 0.717) is 0 Å². The lowest BCUT2D eigenvalue weighted by Gasteiger charge is -2.25. The van der Waals surface area contributed by atoms with Gasteiger partial charge in [-0.1, -0.05) is 66.7 Å². The lowest BCUT2D eigenvalue weighted by Crippen LogP contribution is -2.17. The normalized spacial score (nSPS) is 11.8. The van der Waals surface area contributed by atoms with Crippen LogP contribution in [0.25, 0.3) is 65.8 Å². The summed E-state index contributed by atoms with van der Waals surface area (Å²) in [7, 11) is 0. The van der Waals surface area contributed by atoms with E-state index in [1.807, 2.05) is 42.5 Å². The van der Waals surface area contributed by atoms with Gasteiger partial charge < -0.3 is 19.5 Å². The molecule has 6 aromatic carbocycles. The van der Waals surface area contributed by atoms with E-state index < -0.39 is 0 Å². The fraction of sp³-hybridized carbons (Fsp3) is 0.0556. The Morgan fingerprint density at radius 1 is 0.600 bits per heavy atom. The van der Waals surface area contributed by atoms with Crippen molar-refractivity contribution in [2.45, 2.75) is 6.92 Å². The molecule has 4 heteroatoms. The van der Waals surface area contributed by atoms with Crippen LogP contribution in [0.1, 0.15) is 6.92 Å². The number of furan rings is 2. The zero-order chi connectivity index (χ0) is 26.8. The Morgan fingerprint density at radius 3 is 1.88 bits per heavy atom. The van der Waals surface area contributed by atoms with Crippen molar-refractivity contribution in [1.82, 2.24) is 0 Å². The number of nitrogens with zero attached hydrogens (tertiary/aromatic N) is 1. The predicted molar refractivity (Wildman–Crippen MR) is 167 cm³/mol. The number of hydrogen-bond acceptors (Lipinski definition) is 4. The monoisotopic (exact) mass is 518 g/mol. The van der Waals surface area contributed by atoms with Crippen LogP contribution in [0, 0.1) is 0 Å². The van der Waals surface area contributed by atoms with Gasteiger partial charge in [-0.25, -0.2) is 0 Å². The maximum absolute atomic E-state index is 6.50. The average Bonchev–Trinajstić information content (AvgIpc) is 3.55. The molecule has 192 valence electrons. The number of anilines is 3. The molecule has 0 bridgehead atoms. The second-order valence-electron chi connectivity index (χ2n) is 10.3. The van der Waals surface area contributed by atoms with Crippen molar-refractivity contribution >= 4 is 71.7 Å². The maximum atomic E-state index is 6.50. The molecule has 0 unspecified atom stereocenters. The Bertz CT molecular complexity index is 2150. The van der Waals surface area contributed by atoms with Crippen LogP contribution in [0.15, 0.2) is 124 Å². The second kappa shape index (κ2) is 8.65. The summed E-state index contributed by atoms with van der Waals surface area (Å²) in [4.78, 5) is 2.25. The van der Waals surface area contributed by atoms with Crippen molar-refractivity contribution in [2.75, 3.05) is 17.2 Å². The van der Waals surface area contributed by atoms with E-state index in [4.69, 9.17) is 14.6 Å². The van der Waals surface area contributed by atoms with Gasteiger partial charge in [0.05, 0.1) is 16.9 Å². The van der Waals surface area contributed by atoms with Crippen LogP contribution in [0.4, 0.5) is 17.1 Å². The molecule has 0 saturated heterocycles. The van der Waals surface area contributed by atoms with Crippen molar-refractivity contribution < 1.29 is 8.83 Å². The summed E-state index contributed by atoms with van der Waals surface area (Å²) < 4.78 is 13.0. The molecule has 8 rings (SSSR count). The van der Waals surface area contributed by atoms with Gasteiger partial charge >= 0.3 is 0 Å². The molecule has 40 heavy (non-hydrogen) atoms. The first-order valence-electron chi connectivity index (χ1n) is 13.6. The zero-order valence-corrected chi connectivity index (χ0v) is 22.0. The molecular formula is C36H26N2O2. The summed E-state index contributed by atoms with van der Waals surface area (Å²) in [5, 5.41) is 6.72. The highest BCUT2D eigenvalue weighted by atomic mass is 16.3. The topological polar surface area (TPSA) is 55.5 Å². The van der Waals surface area contributed by atoms with Crippen molar-refractivity contribution in [3.8, 4) is 11.1 Å². The number of fused-ring (bicyclic) bond motifs is 7. The van der Waals surface area contributed by atoms with Gasteiger partial charge in [-0.15, -0.1) is 0 Å². The first-order chi connectivity index (χ1) is 19.7. The number of nitrogen functional groups attached to an aromatic ring is 1. The van der Waals surface area contributed by atoms with Crippen molar-refractivity contribution in [3.05, 3.63) is 115 Å². The highest BCUT2D eigenvalue weighted by Crippen LogP contribution is 2.45. The number of rotatable bonds is 4. The molecule has 0 amide bonds. The summed E-state index contributed by atoms with van der Waals surface area (Å²) in [6.07, 6.45) is 0. The van der Waals surface area contributed by atoms with Gasteiger partial charge in [0, 0.05) is 33.8 Å². The number of nitrogens with two attached hydrogens (primary N) is 1. The van der Waals surface area contributed by atoms with Crippen molar-refractivity contribution in [2.24, 2.45) is 0 Å². The van der Waals surface area contributed by atoms with E-state index in [0.717, 1.165) is 89.4 Å². The molecule has 0 spiro atoms. The molecule has 0 radical (unpaired) electrons. The fourth-order valence-electron chi connectivity index (χ4n) is 6.08. The minimum absolute atomic E-state index is 0.772. The van der Waals surface area contributed by atoms with Gasteiger partial charge in [0.25, 0.3) is 0 Å². The zero-order valence-electron chi connectivity index (χ0n) is 22.0. The minimum Gasteiger partial charge on any atom is -0.455 e. The lowest BCUT2D eigenvalue weighted by molar-refractivity contribution is 0.658. The second-order valence-corrected chi connectivity index (χ2v) is 10.3. The average molecular weight is 519 g/mol. The van der Waals surface area contributed by atoms with E-state index in [1.165, 1.54) is 0 Å². The standard InChI is InChI=1S/C36H26N2O2/c1-2-38(31-12-6-5-11-30(31)37)25-18-17-22-19-24(16-15-23(22)20-25)34-35-28(26-9-3-7-13-32(26)39-35)21-29-27-10-4-8-14-33(27)40-36(29)34/h3-21H,2,37H2,1H3. The highest BCUT2D eigenvalue weighted by Gasteiger charge is 2.21. The Balaban J connectivity index is 1.35. The van der Waals surface area contributed by atoms with E-state index >= 15 is 0 Å². The SMILES string of the molecule is CCN(c1ccc2cc(-c3c4oc5ccccc5c4cc4c3oc3ccccc34)ccc2c1)c1ccccc1N. The van der Waals surface area contributed by atoms with Crippen LogP contribution in [0.5, 0.6) is 0 Å². The summed E-state index contributed by atoms with van der Waals surface area (Å²) in [6.45, 7) is 2.96. The summed E-state index contributed by atoms with van der Waals surface area (Å²) >= 11 is 0. The molecule has 0 aliphatic heterocycles. The molecule has 2 N–H and O–H groups in total. The number of para-hydroxylation sites is 4. The molecule has 0 saturated carbocycles. The summed E-state index contributed by atoms with van der Waals surface area (Å²) in [5.41, 5.74) is 14.7. The third kappa shape index (κ3) is 3.33. The van der Waals surface area contributed by atoms with Gasteiger partial charge in [-0.05, 0) is 71.8 Å². The maximum Gasteiger partial charge on any atom is 0.147 e. The first-order valence-corrected chi connectivity index (χ1v) is 13.6. The van der Waals surface area contributed by atoms with Crippen LogP contribution >= 0.6 is 0 Å². The van der Waals surface area contributed by atoms with Crippen LogP contribution in [0.3, 0.4) is 0 Å². The van der Waals surface area contributed by atoms with Crippen molar-refractivity contribution in [1.29, 1.82) is 0 Å². The van der Waals surface area contributed by atoms with E-state index in [1.54, 1.807) is 0 Å². The van der Waals surface area contributed by atoms with Crippen LogP contribution in [-0.4, -0.2) is 6.54 Å². The molecule has 4 nitrogen and oxygen atoms in total. The largest absolute Gasteiger partial charge is 0.455 e. The smallest absolute Gasteiger partial charge is 0.147 e. The van der Waals surface area contributed by atoms with Crippen LogP contribution in [0.2, 0.25) is 0 Å². The number of hydrogen-bond donors (Lipinski definition) is 1. The molecule has 0 fully saturated rings. The van der Waals surface area contributed by atoms with E-state index in [-0.39, 0.29) is 0 Å². The number of benzene rings is 6. The van der Waals surface area contributed by atoms with Gasteiger partial charge in [-0.2, -0.15) is 0 Å². The molecule has 2 heterocycles. The van der Waals surface area contributed by atoms with Crippen LogP contribution < -0.4 is 10.6 Å². The quantitative estimate of drug-likeness (QED) is 0.236. The summed E-state index contributed by atoms with van der Waals surface area (Å²) in [5.74, 6) is 0. The van der Waals surface area contributed by atoms with Gasteiger partial charge in [0.15, 0.2) is 0 Å². The van der Waals surface area contributed by atoms with E-state index in [2.05, 4.69) is 84.6 Å². The molecular weight excluding hydrogens is 492 g/mol. The Labute approximate surface area is 230 Å². The third-order valence-corrected chi connectivity index (χ3v) is 7.98. The summed E-state index contributed by atoms with van der Waals surface area (Å²) in [6, 6.07) is 39.9. The lowest BCUT2D eigenvalue weighted by atomic mass is 9.96. The molecule has 0 aliphatic rings. The molecule has 0 atom stereocenters. The predicted octanol–water partition coefficient (Wildman–Crippen LogP) is 10.0. The van der Waals surface area contributed by atoms with Crippen molar-refractivity contribution in [3.63, 3.8) is 0 Å². The molecule has 2 aromatic heterocycles. The molecule has 8 aromatic rings. The minimum atomic E-state index is 0.772. The highest BCUT2D eigenvalue weighted by molar-refractivity contribution is 6.22. The van der Waals surface area contributed by atoms with Crippen LogP contribution in [-0.2, 0) is 0 Å². The van der Waals surface area contributed by atoms with Gasteiger partial charge in [0.2, 0.25) is 0 Å². The van der Waals surface area contributed by atoms with Gasteiger partial charge in [0.1, 0.15) is 22.3 Å². The van der Waals surface area contributed by atoms with Gasteiger partial charge in [-0.3, -0.25) is 0 Å². The molecule has 0 aliphatic carbocycles. The van der Waals surface area contributed by atoms with E-state index in [9.17, 15) is 0 Å².